The molecular formula is C10H6ClN3O4. The smallest absolute Gasteiger partial charge is 0.338 e. The van der Waals surface area contributed by atoms with E-state index in [4.69, 9.17) is 16.7 Å². The minimum absolute atomic E-state index is 0.0563. The molecule has 0 aliphatic carbocycles. The van der Waals surface area contributed by atoms with Crippen molar-refractivity contribution in [1.82, 2.24) is 9.78 Å². The van der Waals surface area contributed by atoms with Gasteiger partial charge in [0.1, 0.15) is 5.69 Å². The van der Waals surface area contributed by atoms with Gasteiger partial charge < -0.3 is 5.11 Å². The fourth-order valence-corrected chi connectivity index (χ4v) is 1.57. The number of benzene rings is 1. The predicted octanol–water partition coefficient (Wildman–Crippen LogP) is 2.13. The summed E-state index contributed by atoms with van der Waals surface area (Å²) in [6.45, 7) is 0. The first-order chi connectivity index (χ1) is 8.49. The third-order valence-corrected chi connectivity index (χ3v) is 2.45. The maximum Gasteiger partial charge on any atom is 0.338 e. The molecule has 1 aromatic carbocycles. The molecule has 0 fully saturated rings. The van der Waals surface area contributed by atoms with E-state index in [0.29, 0.717) is 0 Å². The van der Waals surface area contributed by atoms with Crippen molar-refractivity contribution < 1.29 is 14.8 Å². The largest absolute Gasteiger partial charge is 0.478 e. The number of nitro benzene ring substituents is 1. The van der Waals surface area contributed by atoms with Crippen molar-refractivity contribution in [3.8, 4) is 5.69 Å². The van der Waals surface area contributed by atoms with E-state index in [0.717, 1.165) is 10.9 Å². The normalized spacial score (nSPS) is 10.3. The van der Waals surface area contributed by atoms with Crippen LogP contribution in [0.3, 0.4) is 0 Å². The van der Waals surface area contributed by atoms with Crippen LogP contribution in [-0.4, -0.2) is 25.8 Å². The number of aromatic carboxylic acids is 1. The van der Waals surface area contributed by atoms with Crippen molar-refractivity contribution in [3.63, 3.8) is 0 Å². The zero-order chi connectivity index (χ0) is 13.3. The molecule has 7 nitrogen and oxygen atoms in total. The first-order valence-corrected chi connectivity index (χ1v) is 5.09. The van der Waals surface area contributed by atoms with Gasteiger partial charge in [-0.3, -0.25) is 10.1 Å². The highest BCUT2D eigenvalue weighted by Crippen LogP contribution is 2.26. The van der Waals surface area contributed by atoms with Crippen molar-refractivity contribution in [2.24, 2.45) is 0 Å². The number of carboxylic acids is 1. The molecule has 0 aliphatic heterocycles. The molecule has 1 N–H and O–H groups in total. The number of hydrogen-bond donors (Lipinski definition) is 1. The Morgan fingerprint density at radius 2 is 2.22 bits per heavy atom. The zero-order valence-electron chi connectivity index (χ0n) is 8.78. The van der Waals surface area contributed by atoms with Gasteiger partial charge in [0.2, 0.25) is 0 Å². The van der Waals surface area contributed by atoms with Crippen LogP contribution in [0.15, 0.2) is 30.6 Å². The van der Waals surface area contributed by atoms with Crippen molar-refractivity contribution in [2.45, 2.75) is 0 Å². The lowest BCUT2D eigenvalue weighted by Crippen LogP contribution is -2.00. The van der Waals surface area contributed by atoms with Crippen LogP contribution in [0.2, 0.25) is 5.02 Å². The highest BCUT2D eigenvalue weighted by atomic mass is 35.5. The number of nitro groups is 1. The van der Waals surface area contributed by atoms with Crippen LogP contribution in [0.1, 0.15) is 10.4 Å². The number of carbonyl (C=O) groups is 1. The van der Waals surface area contributed by atoms with Gasteiger partial charge in [0.25, 0.3) is 5.69 Å². The molecule has 2 rings (SSSR count). The van der Waals surface area contributed by atoms with Crippen molar-refractivity contribution in [1.29, 1.82) is 0 Å². The van der Waals surface area contributed by atoms with E-state index in [2.05, 4.69) is 5.10 Å². The maximum atomic E-state index is 10.9. The van der Waals surface area contributed by atoms with Gasteiger partial charge in [-0.15, -0.1) is 0 Å². The molecule has 2 aromatic rings. The number of nitrogens with zero attached hydrogens (tertiary/aromatic N) is 3. The summed E-state index contributed by atoms with van der Waals surface area (Å²) >= 11 is 5.68. The molecule has 0 bridgehead atoms. The fraction of sp³-hybridized carbons (Fsp3) is 0. The summed E-state index contributed by atoms with van der Waals surface area (Å²) in [5.74, 6) is -1.15. The first-order valence-electron chi connectivity index (χ1n) is 4.71. The zero-order valence-corrected chi connectivity index (χ0v) is 9.53. The van der Waals surface area contributed by atoms with E-state index in [-0.39, 0.29) is 22.0 Å². The van der Waals surface area contributed by atoms with Crippen LogP contribution in [-0.2, 0) is 0 Å². The van der Waals surface area contributed by atoms with E-state index in [1.165, 1.54) is 24.4 Å². The standard InChI is InChI=1S/C10H6ClN3O4/c11-7-1-2-8(9(3-7)14(17)18)13-5-6(4-12-13)10(15)16/h1-5H,(H,15,16). The summed E-state index contributed by atoms with van der Waals surface area (Å²) in [5.41, 5.74) is -0.154. The second kappa shape index (κ2) is 4.46. The highest BCUT2D eigenvalue weighted by molar-refractivity contribution is 6.30. The van der Waals surface area contributed by atoms with E-state index in [1.807, 2.05) is 0 Å². The molecular weight excluding hydrogens is 262 g/mol. The topological polar surface area (TPSA) is 98.3 Å². The molecule has 0 radical (unpaired) electrons. The van der Waals surface area contributed by atoms with Crippen LogP contribution in [0.5, 0.6) is 0 Å². The predicted molar refractivity (Wildman–Crippen MR) is 62.2 cm³/mol. The monoisotopic (exact) mass is 267 g/mol. The molecule has 0 saturated carbocycles. The first kappa shape index (κ1) is 12.1. The number of halogens is 1. The van der Waals surface area contributed by atoms with Gasteiger partial charge in [-0.1, -0.05) is 11.6 Å². The molecule has 0 aliphatic rings. The van der Waals surface area contributed by atoms with Gasteiger partial charge >= 0.3 is 5.97 Å². The summed E-state index contributed by atoms with van der Waals surface area (Å²) < 4.78 is 1.12. The average Bonchev–Trinajstić information content (AvgIpc) is 2.78. The molecule has 8 heteroatoms. The third-order valence-electron chi connectivity index (χ3n) is 2.21. The number of hydrogen-bond acceptors (Lipinski definition) is 4. The number of rotatable bonds is 3. The lowest BCUT2D eigenvalue weighted by atomic mass is 10.2. The molecule has 0 atom stereocenters. The third kappa shape index (κ3) is 2.16. The van der Waals surface area contributed by atoms with E-state index in [1.54, 1.807) is 0 Å². The van der Waals surface area contributed by atoms with E-state index in [9.17, 15) is 14.9 Å². The highest BCUT2D eigenvalue weighted by Gasteiger charge is 2.17. The molecule has 0 spiro atoms. The Morgan fingerprint density at radius 1 is 1.50 bits per heavy atom. The van der Waals surface area contributed by atoms with Gasteiger partial charge in [-0.2, -0.15) is 5.10 Å². The maximum absolute atomic E-state index is 10.9. The summed E-state index contributed by atoms with van der Waals surface area (Å²) in [7, 11) is 0. The second-order valence-electron chi connectivity index (χ2n) is 3.37. The average molecular weight is 268 g/mol. The van der Waals surface area contributed by atoms with Crippen molar-refractivity contribution in [3.05, 3.63) is 51.3 Å². The summed E-state index contributed by atoms with van der Waals surface area (Å²) in [6.07, 6.45) is 2.30. The number of carboxylic acid groups (broad SMARTS) is 1. The Kier molecular flexibility index (Phi) is 2.99. The molecule has 92 valence electrons. The summed E-state index contributed by atoms with van der Waals surface area (Å²) in [6, 6.07) is 4.05. The Morgan fingerprint density at radius 3 is 2.78 bits per heavy atom. The van der Waals surface area contributed by atoms with Crippen LogP contribution >= 0.6 is 11.6 Å². The lowest BCUT2D eigenvalue weighted by Gasteiger charge is -2.02. The second-order valence-corrected chi connectivity index (χ2v) is 3.81. The van der Waals surface area contributed by atoms with Crippen LogP contribution in [0.4, 0.5) is 5.69 Å². The van der Waals surface area contributed by atoms with Gasteiger partial charge in [0.15, 0.2) is 0 Å². The molecule has 1 aromatic heterocycles. The Bertz CT molecular complexity index is 638. The quantitative estimate of drug-likeness (QED) is 0.678. The summed E-state index contributed by atoms with van der Waals surface area (Å²) in [4.78, 5) is 21.0. The molecule has 0 amide bonds. The summed E-state index contributed by atoms with van der Waals surface area (Å²) in [5, 5.41) is 23.6. The van der Waals surface area contributed by atoms with Crippen LogP contribution in [0, 0.1) is 10.1 Å². The van der Waals surface area contributed by atoms with Crippen molar-refractivity contribution in [2.75, 3.05) is 0 Å². The van der Waals surface area contributed by atoms with Crippen LogP contribution < -0.4 is 0 Å². The minimum atomic E-state index is -1.15. The Balaban J connectivity index is 2.55. The Hall–Kier alpha value is -2.41. The van der Waals surface area contributed by atoms with E-state index >= 15 is 0 Å². The van der Waals surface area contributed by atoms with Gasteiger partial charge in [0, 0.05) is 17.3 Å². The molecule has 0 unspecified atom stereocenters. The van der Waals surface area contributed by atoms with Gasteiger partial charge in [-0.05, 0) is 12.1 Å². The van der Waals surface area contributed by atoms with Gasteiger partial charge in [0.05, 0.1) is 16.7 Å². The molecule has 1 heterocycles. The van der Waals surface area contributed by atoms with E-state index < -0.39 is 10.9 Å². The lowest BCUT2D eigenvalue weighted by molar-refractivity contribution is -0.384. The Labute approximate surface area is 105 Å². The SMILES string of the molecule is O=C(O)c1cnn(-c2ccc(Cl)cc2[N+](=O)[O-])c1. The van der Waals surface area contributed by atoms with Crippen molar-refractivity contribution >= 4 is 23.3 Å². The minimum Gasteiger partial charge on any atom is -0.478 e. The van der Waals surface area contributed by atoms with Crippen LogP contribution in [0.25, 0.3) is 5.69 Å². The molecule has 0 saturated heterocycles. The van der Waals surface area contributed by atoms with Gasteiger partial charge in [-0.25, -0.2) is 9.48 Å². The number of aromatic nitrogens is 2. The molecule has 18 heavy (non-hydrogen) atoms. The fourth-order valence-electron chi connectivity index (χ4n) is 1.40.